The highest BCUT2D eigenvalue weighted by atomic mass is 35.5. The number of ether oxygens (including phenoxy) is 1. The van der Waals surface area contributed by atoms with Gasteiger partial charge in [-0.05, 0) is 31.2 Å². The third kappa shape index (κ3) is 4.29. The van der Waals surface area contributed by atoms with Crippen LogP contribution >= 0.6 is 11.6 Å². The van der Waals surface area contributed by atoms with Crippen LogP contribution in [0.3, 0.4) is 0 Å². The molecule has 0 spiro atoms. The predicted octanol–water partition coefficient (Wildman–Crippen LogP) is 3.07. The Balaban J connectivity index is 1.96. The van der Waals surface area contributed by atoms with Gasteiger partial charge in [-0.15, -0.1) is 0 Å². The number of rotatable bonds is 5. The van der Waals surface area contributed by atoms with Gasteiger partial charge in [0.05, 0.1) is 23.4 Å². The van der Waals surface area contributed by atoms with Gasteiger partial charge in [0.25, 0.3) is 5.91 Å². The smallest absolute Gasteiger partial charge is 0.340 e. The zero-order chi connectivity index (χ0) is 17.0. The Hall–Kier alpha value is -2.41. The van der Waals surface area contributed by atoms with Crippen molar-refractivity contribution in [2.75, 3.05) is 0 Å². The van der Waals surface area contributed by atoms with Gasteiger partial charge in [-0.2, -0.15) is 0 Å². The molecule has 2 aromatic rings. The van der Waals surface area contributed by atoms with E-state index in [1.165, 1.54) is 13.2 Å². The van der Waals surface area contributed by atoms with Gasteiger partial charge >= 0.3 is 5.97 Å². The van der Waals surface area contributed by atoms with Crippen LogP contribution < -0.4 is 5.32 Å². The fourth-order valence-electron chi connectivity index (χ4n) is 1.69. The molecular weight excluding hydrogens is 332 g/mol. The van der Waals surface area contributed by atoms with Crippen molar-refractivity contribution in [3.63, 3.8) is 0 Å². The lowest BCUT2D eigenvalue weighted by molar-refractivity contribution is -0.129. The van der Waals surface area contributed by atoms with Crippen LogP contribution in [0.1, 0.15) is 23.0 Å². The van der Waals surface area contributed by atoms with E-state index in [4.69, 9.17) is 20.8 Å². The number of carbonyl (C=O) groups is 2. The van der Waals surface area contributed by atoms with Crippen molar-refractivity contribution in [1.29, 1.82) is 0 Å². The average Bonchev–Trinajstić information content (AvgIpc) is 3.01. The normalized spacial score (nSPS) is 11.8. The van der Waals surface area contributed by atoms with Crippen molar-refractivity contribution >= 4 is 23.5 Å². The first-order valence-corrected chi connectivity index (χ1v) is 6.92. The Morgan fingerprint density at radius 2 is 2.04 bits per heavy atom. The van der Waals surface area contributed by atoms with Crippen molar-refractivity contribution in [3.8, 4) is 0 Å². The van der Waals surface area contributed by atoms with Crippen LogP contribution in [0.25, 0.3) is 0 Å². The van der Waals surface area contributed by atoms with Gasteiger partial charge in [-0.25, -0.2) is 13.6 Å². The number of benzene rings is 1. The number of amides is 1. The number of halogens is 3. The largest absolute Gasteiger partial charge is 0.467 e. The van der Waals surface area contributed by atoms with Crippen molar-refractivity contribution in [2.24, 2.45) is 0 Å². The minimum atomic E-state index is -1.24. The molecule has 0 bridgehead atoms. The third-order valence-electron chi connectivity index (χ3n) is 2.90. The molecule has 1 amide bonds. The lowest BCUT2D eigenvalue weighted by Crippen LogP contribution is -2.35. The minimum absolute atomic E-state index is 0.125. The van der Waals surface area contributed by atoms with Gasteiger partial charge in [-0.3, -0.25) is 4.79 Å². The third-order valence-corrected chi connectivity index (χ3v) is 3.21. The van der Waals surface area contributed by atoms with E-state index in [1.54, 1.807) is 12.1 Å². The van der Waals surface area contributed by atoms with E-state index in [0.717, 1.165) is 0 Å². The fourth-order valence-corrected chi connectivity index (χ4v) is 1.92. The molecule has 5 nitrogen and oxygen atoms in total. The van der Waals surface area contributed by atoms with Gasteiger partial charge in [0.15, 0.2) is 17.7 Å². The SMILES string of the molecule is C[C@H](OC(=O)c1cc(F)c(F)cc1Cl)C(=O)NCc1ccco1. The summed E-state index contributed by atoms with van der Waals surface area (Å²) in [5, 5.41) is 2.19. The molecule has 1 aromatic carbocycles. The average molecular weight is 344 g/mol. The molecule has 1 aromatic heterocycles. The maximum atomic E-state index is 13.2. The summed E-state index contributed by atoms with van der Waals surface area (Å²) in [4.78, 5) is 23.7. The molecule has 0 aliphatic carbocycles. The highest BCUT2D eigenvalue weighted by Crippen LogP contribution is 2.21. The van der Waals surface area contributed by atoms with Crippen molar-refractivity contribution in [2.45, 2.75) is 19.6 Å². The molecule has 0 unspecified atom stereocenters. The fraction of sp³-hybridized carbons (Fsp3) is 0.200. The second-order valence-electron chi connectivity index (χ2n) is 4.59. The van der Waals surface area contributed by atoms with E-state index >= 15 is 0 Å². The first kappa shape index (κ1) is 17.0. The zero-order valence-corrected chi connectivity index (χ0v) is 12.7. The van der Waals surface area contributed by atoms with Crippen molar-refractivity contribution in [1.82, 2.24) is 5.32 Å². The monoisotopic (exact) mass is 343 g/mol. The van der Waals surface area contributed by atoms with Gasteiger partial charge in [0, 0.05) is 0 Å². The predicted molar refractivity (Wildman–Crippen MR) is 76.8 cm³/mol. The molecular formula is C15H12ClF2NO4. The molecule has 0 saturated carbocycles. The highest BCUT2D eigenvalue weighted by molar-refractivity contribution is 6.33. The van der Waals surface area contributed by atoms with Crippen molar-refractivity contribution < 1.29 is 27.5 Å². The molecule has 1 heterocycles. The lowest BCUT2D eigenvalue weighted by atomic mass is 10.2. The maximum absolute atomic E-state index is 13.2. The quantitative estimate of drug-likeness (QED) is 0.669. The van der Waals surface area contributed by atoms with Crippen LogP contribution in [0.5, 0.6) is 0 Å². The summed E-state index contributed by atoms with van der Waals surface area (Å²) >= 11 is 5.67. The van der Waals surface area contributed by atoms with Crippen LogP contribution in [0.4, 0.5) is 8.78 Å². The van der Waals surface area contributed by atoms with Gasteiger partial charge in [-0.1, -0.05) is 11.6 Å². The topological polar surface area (TPSA) is 68.5 Å². The number of carbonyl (C=O) groups excluding carboxylic acids is 2. The molecule has 0 aliphatic heterocycles. The molecule has 1 N–H and O–H groups in total. The molecule has 23 heavy (non-hydrogen) atoms. The van der Waals surface area contributed by atoms with E-state index in [0.29, 0.717) is 17.9 Å². The Kier molecular flexibility index (Phi) is 5.33. The maximum Gasteiger partial charge on any atom is 0.340 e. The Bertz CT molecular complexity index is 719. The lowest BCUT2D eigenvalue weighted by Gasteiger charge is -2.13. The number of hydrogen-bond acceptors (Lipinski definition) is 4. The number of esters is 1. The van der Waals surface area contributed by atoms with Crippen LogP contribution in [0.2, 0.25) is 5.02 Å². The number of hydrogen-bond donors (Lipinski definition) is 1. The number of nitrogens with one attached hydrogen (secondary N) is 1. The van der Waals surface area contributed by atoms with Gasteiger partial charge < -0.3 is 14.5 Å². The van der Waals surface area contributed by atoms with E-state index in [1.807, 2.05) is 0 Å². The van der Waals surface area contributed by atoms with Crippen LogP contribution in [-0.2, 0) is 16.1 Å². The summed E-state index contributed by atoms with van der Waals surface area (Å²) in [6.07, 6.45) is 0.303. The summed E-state index contributed by atoms with van der Waals surface area (Å²) in [6.45, 7) is 1.46. The Morgan fingerprint density at radius 3 is 2.70 bits per heavy atom. The summed E-state index contributed by atoms with van der Waals surface area (Å²) in [6, 6.07) is 4.61. The van der Waals surface area contributed by atoms with E-state index in [9.17, 15) is 18.4 Å². The summed E-state index contributed by atoms with van der Waals surface area (Å²) in [5.41, 5.74) is -0.365. The summed E-state index contributed by atoms with van der Waals surface area (Å²) in [7, 11) is 0. The second-order valence-corrected chi connectivity index (χ2v) is 5.00. The van der Waals surface area contributed by atoms with Crippen LogP contribution in [0, 0.1) is 11.6 Å². The minimum Gasteiger partial charge on any atom is -0.467 e. The number of furan rings is 1. The highest BCUT2D eigenvalue weighted by Gasteiger charge is 2.22. The van der Waals surface area contributed by atoms with E-state index in [2.05, 4.69) is 5.32 Å². The molecule has 122 valence electrons. The van der Waals surface area contributed by atoms with Gasteiger partial charge in [0.2, 0.25) is 0 Å². The summed E-state index contributed by atoms with van der Waals surface area (Å²) < 4.78 is 36.1. The van der Waals surface area contributed by atoms with Gasteiger partial charge in [0.1, 0.15) is 5.76 Å². The van der Waals surface area contributed by atoms with Crippen LogP contribution in [-0.4, -0.2) is 18.0 Å². The molecule has 0 radical (unpaired) electrons. The molecule has 8 heteroatoms. The first-order chi connectivity index (χ1) is 10.9. The zero-order valence-electron chi connectivity index (χ0n) is 11.9. The molecule has 0 fully saturated rings. The summed E-state index contributed by atoms with van der Waals surface area (Å²) in [5.74, 6) is -3.50. The van der Waals surface area contributed by atoms with E-state index < -0.39 is 29.6 Å². The first-order valence-electron chi connectivity index (χ1n) is 6.54. The standard InChI is InChI=1S/C15H12ClF2NO4/c1-8(14(20)19-7-9-3-2-4-22-9)23-15(21)10-5-12(17)13(18)6-11(10)16/h2-6,8H,7H2,1H3,(H,19,20)/t8-/m0/s1. The Morgan fingerprint density at radius 1 is 1.35 bits per heavy atom. The molecule has 0 aliphatic rings. The molecule has 1 atom stereocenters. The molecule has 2 rings (SSSR count). The van der Waals surface area contributed by atoms with E-state index in [-0.39, 0.29) is 17.1 Å². The Labute approximate surface area is 135 Å². The van der Waals surface area contributed by atoms with Crippen molar-refractivity contribution in [3.05, 3.63) is 58.5 Å². The molecule has 0 saturated heterocycles. The van der Waals surface area contributed by atoms with Crippen LogP contribution in [0.15, 0.2) is 34.9 Å². The second kappa shape index (κ2) is 7.23.